The molecule has 2 rings (SSSR count). The van der Waals surface area contributed by atoms with E-state index >= 15 is 0 Å². The van der Waals surface area contributed by atoms with Crippen molar-refractivity contribution in [3.05, 3.63) is 59.4 Å². The summed E-state index contributed by atoms with van der Waals surface area (Å²) in [5.74, 6) is 0.552. The van der Waals surface area contributed by atoms with Crippen LogP contribution in [0.25, 0.3) is 0 Å². The molecule has 0 aliphatic rings. The van der Waals surface area contributed by atoms with Gasteiger partial charge in [0.2, 0.25) is 0 Å². The Morgan fingerprint density at radius 3 is 2.84 bits per heavy atom. The minimum Gasteiger partial charge on any atom is -0.494 e. The summed E-state index contributed by atoms with van der Waals surface area (Å²) in [7, 11) is 1.55. The van der Waals surface area contributed by atoms with Gasteiger partial charge < -0.3 is 4.74 Å². The first kappa shape index (κ1) is 13.3. The lowest BCUT2D eigenvalue weighted by Gasteiger charge is -2.06. The summed E-state index contributed by atoms with van der Waals surface area (Å²) in [6, 6.07) is 11.7. The van der Waals surface area contributed by atoms with Crippen molar-refractivity contribution in [2.45, 2.75) is 19.8 Å². The number of ether oxygens (including phenoxy) is 1. The number of benzene rings is 1. The molecule has 0 bridgehead atoms. The molecule has 98 valence electrons. The Morgan fingerprint density at radius 1 is 1.26 bits per heavy atom. The zero-order valence-corrected chi connectivity index (χ0v) is 11.2. The van der Waals surface area contributed by atoms with E-state index in [-0.39, 0.29) is 5.78 Å². The third kappa shape index (κ3) is 3.41. The highest BCUT2D eigenvalue weighted by Crippen LogP contribution is 2.17. The first-order chi connectivity index (χ1) is 9.20. The van der Waals surface area contributed by atoms with Gasteiger partial charge in [-0.2, -0.15) is 0 Å². The molecule has 2 aromatic rings. The van der Waals surface area contributed by atoms with Crippen molar-refractivity contribution in [3.8, 4) is 5.75 Å². The number of methoxy groups -OCH3 is 1. The van der Waals surface area contributed by atoms with Gasteiger partial charge in [-0.1, -0.05) is 29.8 Å². The number of rotatable bonds is 5. The maximum absolute atomic E-state index is 12.1. The fourth-order valence-electron chi connectivity index (χ4n) is 2.01. The lowest BCUT2D eigenvalue weighted by atomic mass is 10.0. The van der Waals surface area contributed by atoms with Crippen LogP contribution < -0.4 is 4.74 Å². The Labute approximate surface area is 113 Å². The number of pyridine rings is 1. The Balaban J connectivity index is 2.05. The molecule has 3 heteroatoms. The number of carbonyl (C=O) groups excluding carboxylic acids is 1. The zero-order valence-electron chi connectivity index (χ0n) is 11.2. The molecule has 0 aliphatic heterocycles. The second-order valence-corrected chi connectivity index (χ2v) is 4.47. The molecule has 0 saturated carbocycles. The number of Topliss-reactive ketones (excluding diaryl/α,β-unsaturated/α-hetero) is 1. The van der Waals surface area contributed by atoms with E-state index < -0.39 is 0 Å². The summed E-state index contributed by atoms with van der Waals surface area (Å²) in [4.78, 5) is 16.2. The normalized spacial score (nSPS) is 10.2. The number of hydrogen-bond donors (Lipinski definition) is 0. The van der Waals surface area contributed by atoms with Crippen LogP contribution in [0.1, 0.15) is 28.0 Å². The summed E-state index contributed by atoms with van der Waals surface area (Å²) in [6.07, 6.45) is 2.78. The zero-order chi connectivity index (χ0) is 13.7. The van der Waals surface area contributed by atoms with Gasteiger partial charge in [-0.15, -0.1) is 0 Å². The summed E-state index contributed by atoms with van der Waals surface area (Å²) in [6.45, 7) is 2.05. The van der Waals surface area contributed by atoms with Gasteiger partial charge in [-0.3, -0.25) is 4.79 Å². The van der Waals surface area contributed by atoms with E-state index in [4.69, 9.17) is 4.74 Å². The second-order valence-electron chi connectivity index (χ2n) is 4.47. The monoisotopic (exact) mass is 255 g/mol. The van der Waals surface area contributed by atoms with Crippen molar-refractivity contribution in [2.75, 3.05) is 7.11 Å². The first-order valence-electron chi connectivity index (χ1n) is 6.28. The molecule has 0 fully saturated rings. The molecule has 0 atom stereocenters. The highest BCUT2D eigenvalue weighted by atomic mass is 16.5. The van der Waals surface area contributed by atoms with Crippen LogP contribution >= 0.6 is 0 Å². The third-order valence-electron chi connectivity index (χ3n) is 2.98. The van der Waals surface area contributed by atoms with E-state index in [1.54, 1.807) is 25.4 Å². The van der Waals surface area contributed by atoms with Crippen LogP contribution in [0.5, 0.6) is 5.75 Å². The van der Waals surface area contributed by atoms with Crippen molar-refractivity contribution in [2.24, 2.45) is 0 Å². The van der Waals surface area contributed by atoms with E-state index in [1.165, 1.54) is 11.1 Å². The van der Waals surface area contributed by atoms with Gasteiger partial charge >= 0.3 is 0 Å². The molecule has 1 aromatic carbocycles. The number of aryl methyl sites for hydroxylation is 2. The Kier molecular flexibility index (Phi) is 4.29. The number of aromatic nitrogens is 1. The first-order valence-corrected chi connectivity index (χ1v) is 6.28. The van der Waals surface area contributed by atoms with Gasteiger partial charge in [0, 0.05) is 12.6 Å². The largest absolute Gasteiger partial charge is 0.494 e. The van der Waals surface area contributed by atoms with Gasteiger partial charge in [-0.05, 0) is 31.0 Å². The van der Waals surface area contributed by atoms with Gasteiger partial charge in [0.05, 0.1) is 7.11 Å². The van der Waals surface area contributed by atoms with Gasteiger partial charge in [-0.25, -0.2) is 4.98 Å². The predicted molar refractivity (Wildman–Crippen MR) is 74.6 cm³/mol. The van der Waals surface area contributed by atoms with Crippen LogP contribution in [0.4, 0.5) is 0 Å². The van der Waals surface area contributed by atoms with Crippen LogP contribution in [0.2, 0.25) is 0 Å². The van der Waals surface area contributed by atoms with Gasteiger partial charge in [0.15, 0.2) is 5.78 Å². The number of nitrogens with zero attached hydrogens (tertiary/aromatic N) is 1. The average molecular weight is 255 g/mol. The topological polar surface area (TPSA) is 39.2 Å². The van der Waals surface area contributed by atoms with Crippen molar-refractivity contribution in [1.82, 2.24) is 4.98 Å². The summed E-state index contributed by atoms with van der Waals surface area (Å²) < 4.78 is 5.15. The minimum atomic E-state index is 0.0129. The third-order valence-corrected chi connectivity index (χ3v) is 2.98. The quantitative estimate of drug-likeness (QED) is 0.770. The molecule has 19 heavy (non-hydrogen) atoms. The number of ketones is 1. The molecule has 0 N–H and O–H groups in total. The molecular weight excluding hydrogens is 238 g/mol. The Bertz CT molecular complexity index is 578. The van der Waals surface area contributed by atoms with Crippen molar-refractivity contribution < 1.29 is 9.53 Å². The molecule has 0 radical (unpaired) electrons. The molecule has 0 saturated heterocycles. The molecule has 0 aliphatic carbocycles. The number of carbonyl (C=O) groups is 1. The Morgan fingerprint density at radius 2 is 2.11 bits per heavy atom. The smallest absolute Gasteiger partial charge is 0.185 e. The van der Waals surface area contributed by atoms with Crippen molar-refractivity contribution >= 4 is 5.78 Å². The molecule has 1 aromatic heterocycles. The highest BCUT2D eigenvalue weighted by molar-refractivity contribution is 5.96. The lowest BCUT2D eigenvalue weighted by molar-refractivity contribution is 0.0974. The molecule has 3 nitrogen and oxygen atoms in total. The molecular formula is C16H17NO2. The van der Waals surface area contributed by atoms with E-state index in [2.05, 4.69) is 11.1 Å². The van der Waals surface area contributed by atoms with E-state index in [0.29, 0.717) is 17.9 Å². The second kappa shape index (κ2) is 6.14. The molecule has 0 spiro atoms. The average Bonchev–Trinajstić information content (AvgIpc) is 2.45. The molecule has 0 unspecified atom stereocenters. The van der Waals surface area contributed by atoms with Crippen LogP contribution in [0.3, 0.4) is 0 Å². The maximum atomic E-state index is 12.1. The molecule has 1 heterocycles. The van der Waals surface area contributed by atoms with E-state index in [0.717, 1.165) is 6.42 Å². The van der Waals surface area contributed by atoms with Crippen LogP contribution in [-0.4, -0.2) is 17.9 Å². The van der Waals surface area contributed by atoms with Crippen molar-refractivity contribution in [3.63, 3.8) is 0 Å². The Hall–Kier alpha value is -2.16. The van der Waals surface area contributed by atoms with E-state index in [1.807, 2.05) is 25.1 Å². The highest BCUT2D eigenvalue weighted by Gasteiger charge is 2.13. The van der Waals surface area contributed by atoms with Crippen molar-refractivity contribution in [1.29, 1.82) is 0 Å². The minimum absolute atomic E-state index is 0.0129. The lowest BCUT2D eigenvalue weighted by Crippen LogP contribution is -2.06. The number of hydrogen-bond acceptors (Lipinski definition) is 3. The van der Waals surface area contributed by atoms with Gasteiger partial charge in [0.1, 0.15) is 11.4 Å². The van der Waals surface area contributed by atoms with Crippen LogP contribution in [0.15, 0.2) is 42.6 Å². The van der Waals surface area contributed by atoms with Crippen LogP contribution in [-0.2, 0) is 6.42 Å². The van der Waals surface area contributed by atoms with Gasteiger partial charge in [0.25, 0.3) is 0 Å². The summed E-state index contributed by atoms with van der Waals surface area (Å²) in [5, 5.41) is 0. The summed E-state index contributed by atoms with van der Waals surface area (Å²) >= 11 is 0. The fraction of sp³-hybridized carbons (Fsp3) is 0.250. The predicted octanol–water partition coefficient (Wildman–Crippen LogP) is 3.21. The summed E-state index contributed by atoms with van der Waals surface area (Å²) in [5.41, 5.74) is 2.79. The van der Waals surface area contributed by atoms with Crippen LogP contribution in [0, 0.1) is 6.92 Å². The molecule has 0 amide bonds. The standard InChI is InChI=1S/C16H17NO2/c1-12-5-3-6-13(11-12)8-9-14(18)16-15(19-2)7-4-10-17-16/h3-7,10-11H,8-9H2,1-2H3. The maximum Gasteiger partial charge on any atom is 0.185 e. The van der Waals surface area contributed by atoms with E-state index in [9.17, 15) is 4.79 Å². The SMILES string of the molecule is COc1cccnc1C(=O)CCc1cccc(C)c1. The fourth-order valence-corrected chi connectivity index (χ4v) is 2.01.